The molecule has 1 aliphatic heterocycles. The molecule has 2 amide bonds. The molecule has 0 radical (unpaired) electrons. The molecule has 0 aliphatic carbocycles. The van der Waals surface area contributed by atoms with Crippen LogP contribution in [0.5, 0.6) is 0 Å². The minimum atomic E-state index is -0.531. The number of carbonyl (C=O) groups is 2. The van der Waals surface area contributed by atoms with E-state index in [1.54, 1.807) is 19.2 Å². The third kappa shape index (κ3) is 8.15. The molecule has 1 aliphatic rings. The van der Waals surface area contributed by atoms with Gasteiger partial charge in [-0.25, -0.2) is 4.39 Å². The molecular weight excluding hydrogens is 488 g/mol. The van der Waals surface area contributed by atoms with Crippen LogP contribution in [0.1, 0.15) is 36.5 Å². The number of hydrogen-bond acceptors (Lipinski definition) is 3. The number of benzene rings is 1. The van der Waals surface area contributed by atoms with Gasteiger partial charge in [0.2, 0.25) is 5.91 Å². The number of nitrogens with zero attached hydrogens (tertiary/aromatic N) is 2. The highest BCUT2D eigenvalue weighted by atomic mass is 127. The molecule has 7 nitrogen and oxygen atoms in total. The van der Waals surface area contributed by atoms with Crippen molar-refractivity contribution in [1.29, 1.82) is 0 Å². The van der Waals surface area contributed by atoms with Gasteiger partial charge in [0.1, 0.15) is 5.82 Å². The average Bonchev–Trinajstić information content (AvgIpc) is 2.71. The van der Waals surface area contributed by atoms with Gasteiger partial charge >= 0.3 is 0 Å². The number of likely N-dealkylation sites (tertiary alicyclic amines) is 1. The van der Waals surface area contributed by atoms with Crippen molar-refractivity contribution < 1.29 is 14.0 Å². The normalized spacial score (nSPS) is 14.7. The lowest BCUT2D eigenvalue weighted by atomic mass is 9.93. The van der Waals surface area contributed by atoms with Crippen molar-refractivity contribution in [3.05, 3.63) is 35.6 Å². The molecule has 9 heteroatoms. The number of halogens is 2. The summed E-state index contributed by atoms with van der Waals surface area (Å²) in [4.78, 5) is 30.3. The van der Waals surface area contributed by atoms with Crippen molar-refractivity contribution in [2.24, 2.45) is 10.9 Å². The molecule has 0 spiro atoms. The molecule has 1 fully saturated rings. The Kier molecular flexibility index (Phi) is 11.6. The van der Waals surface area contributed by atoms with Crippen LogP contribution in [-0.4, -0.2) is 62.4 Å². The van der Waals surface area contributed by atoms with Gasteiger partial charge in [0.25, 0.3) is 5.91 Å². The van der Waals surface area contributed by atoms with E-state index in [-0.39, 0.29) is 35.4 Å². The first-order valence-electron chi connectivity index (χ1n) is 9.81. The number of amides is 2. The summed E-state index contributed by atoms with van der Waals surface area (Å²) in [5.74, 6) is 0.328. The highest BCUT2D eigenvalue weighted by molar-refractivity contribution is 14.0. The summed E-state index contributed by atoms with van der Waals surface area (Å²) in [5.41, 5.74) is 0.0385. The number of hydrogen-bond donors (Lipinski definition) is 3. The number of carbonyl (C=O) groups excluding carboxylic acids is 2. The fourth-order valence-electron chi connectivity index (χ4n) is 3.21. The summed E-state index contributed by atoms with van der Waals surface area (Å²) in [7, 11) is 1.67. The molecule has 162 valence electrons. The van der Waals surface area contributed by atoms with Gasteiger partial charge in [-0.3, -0.25) is 14.6 Å². The highest BCUT2D eigenvalue weighted by Crippen LogP contribution is 2.20. The summed E-state index contributed by atoms with van der Waals surface area (Å²) >= 11 is 0. The molecule has 29 heavy (non-hydrogen) atoms. The van der Waals surface area contributed by atoms with Crippen LogP contribution in [-0.2, 0) is 4.79 Å². The highest BCUT2D eigenvalue weighted by Gasteiger charge is 2.23. The molecule has 0 atom stereocenters. The fourth-order valence-corrected chi connectivity index (χ4v) is 3.21. The summed E-state index contributed by atoms with van der Waals surface area (Å²) in [6.45, 7) is 5.17. The molecule has 1 heterocycles. The maximum Gasteiger partial charge on any atom is 0.254 e. The lowest BCUT2D eigenvalue weighted by Crippen LogP contribution is -2.46. The number of piperidine rings is 1. The van der Waals surface area contributed by atoms with Gasteiger partial charge in [-0.1, -0.05) is 12.1 Å². The van der Waals surface area contributed by atoms with E-state index in [2.05, 4.69) is 25.8 Å². The van der Waals surface area contributed by atoms with Crippen molar-refractivity contribution in [3.8, 4) is 0 Å². The van der Waals surface area contributed by atoms with E-state index in [0.717, 1.165) is 38.4 Å². The van der Waals surface area contributed by atoms with Gasteiger partial charge in [-0.15, -0.1) is 24.0 Å². The lowest BCUT2D eigenvalue weighted by molar-refractivity contribution is -0.121. The Bertz CT molecular complexity index is 693. The summed E-state index contributed by atoms with van der Waals surface area (Å²) in [6, 6.07) is 5.91. The number of rotatable bonds is 7. The first kappa shape index (κ1) is 25.1. The van der Waals surface area contributed by atoms with Gasteiger partial charge in [-0.05, 0) is 37.8 Å². The zero-order valence-electron chi connectivity index (χ0n) is 17.0. The number of nitrogens with one attached hydrogen (secondary N) is 3. The molecule has 1 saturated heterocycles. The Morgan fingerprint density at radius 1 is 1.21 bits per heavy atom. The first-order chi connectivity index (χ1) is 13.5. The van der Waals surface area contributed by atoms with Crippen LogP contribution in [0.15, 0.2) is 29.3 Å². The molecule has 2 rings (SSSR count). The smallest absolute Gasteiger partial charge is 0.254 e. The number of guanidine groups is 1. The van der Waals surface area contributed by atoms with E-state index in [0.29, 0.717) is 25.4 Å². The van der Waals surface area contributed by atoms with Crippen LogP contribution >= 0.6 is 24.0 Å². The van der Waals surface area contributed by atoms with Crippen LogP contribution in [0.25, 0.3) is 0 Å². The molecule has 0 unspecified atom stereocenters. The van der Waals surface area contributed by atoms with Crippen molar-refractivity contribution in [3.63, 3.8) is 0 Å². The molecule has 0 aromatic heterocycles. The zero-order chi connectivity index (χ0) is 20.4. The minimum Gasteiger partial charge on any atom is -0.359 e. The molecule has 0 saturated carbocycles. The Morgan fingerprint density at radius 2 is 1.90 bits per heavy atom. The van der Waals surface area contributed by atoms with Crippen LogP contribution in [0, 0.1) is 11.7 Å². The van der Waals surface area contributed by atoms with E-state index >= 15 is 0 Å². The van der Waals surface area contributed by atoms with Crippen LogP contribution in [0.2, 0.25) is 0 Å². The van der Waals surface area contributed by atoms with Gasteiger partial charge in [0.05, 0.1) is 12.1 Å². The Balaban J connectivity index is 0.00000420. The topological polar surface area (TPSA) is 85.8 Å². The van der Waals surface area contributed by atoms with Crippen LogP contribution in [0.4, 0.5) is 4.39 Å². The van der Waals surface area contributed by atoms with E-state index in [1.807, 2.05) is 6.92 Å². The second kappa shape index (κ2) is 13.3. The SMILES string of the molecule is CCNC(=NCCNC(=O)c1ccccc1F)N1CCC(CC(=O)NC)CC1.I. The van der Waals surface area contributed by atoms with Gasteiger partial charge in [0, 0.05) is 39.6 Å². The second-order valence-corrected chi connectivity index (χ2v) is 6.78. The third-order valence-electron chi connectivity index (χ3n) is 4.78. The fraction of sp³-hybridized carbons (Fsp3) is 0.550. The molecule has 3 N–H and O–H groups in total. The molecule has 1 aromatic carbocycles. The van der Waals surface area contributed by atoms with E-state index in [1.165, 1.54) is 12.1 Å². The number of aliphatic imine (C=N–C) groups is 1. The van der Waals surface area contributed by atoms with Gasteiger partial charge in [-0.2, -0.15) is 0 Å². The van der Waals surface area contributed by atoms with Crippen molar-refractivity contribution in [2.45, 2.75) is 26.2 Å². The van der Waals surface area contributed by atoms with Crippen molar-refractivity contribution >= 4 is 41.8 Å². The predicted octanol–water partition coefficient (Wildman–Crippen LogP) is 1.99. The zero-order valence-corrected chi connectivity index (χ0v) is 19.4. The summed E-state index contributed by atoms with van der Waals surface area (Å²) < 4.78 is 13.6. The largest absolute Gasteiger partial charge is 0.359 e. The quantitative estimate of drug-likeness (QED) is 0.223. The van der Waals surface area contributed by atoms with E-state index in [9.17, 15) is 14.0 Å². The second-order valence-electron chi connectivity index (χ2n) is 6.78. The molecule has 0 bridgehead atoms. The van der Waals surface area contributed by atoms with Crippen molar-refractivity contribution in [2.75, 3.05) is 39.8 Å². The summed E-state index contributed by atoms with van der Waals surface area (Å²) in [6.07, 6.45) is 2.46. The first-order valence-corrected chi connectivity index (χ1v) is 9.81. The maximum atomic E-state index is 13.6. The van der Waals surface area contributed by atoms with Gasteiger partial charge < -0.3 is 20.9 Å². The van der Waals surface area contributed by atoms with E-state index < -0.39 is 11.7 Å². The monoisotopic (exact) mass is 519 g/mol. The minimum absolute atomic E-state index is 0. The summed E-state index contributed by atoms with van der Waals surface area (Å²) in [5, 5.41) is 8.65. The van der Waals surface area contributed by atoms with Crippen LogP contribution in [0.3, 0.4) is 0 Å². The average molecular weight is 519 g/mol. The Labute approximate surface area is 188 Å². The lowest BCUT2D eigenvalue weighted by Gasteiger charge is -2.34. The Hall–Kier alpha value is -1.91. The third-order valence-corrected chi connectivity index (χ3v) is 4.78. The van der Waals surface area contributed by atoms with E-state index in [4.69, 9.17) is 0 Å². The van der Waals surface area contributed by atoms with Gasteiger partial charge in [0.15, 0.2) is 5.96 Å². The molecule has 1 aromatic rings. The van der Waals surface area contributed by atoms with Crippen molar-refractivity contribution in [1.82, 2.24) is 20.9 Å². The maximum absolute atomic E-state index is 13.6. The standard InChI is InChI=1S/C20H30FN5O2.HI/c1-3-23-20(26-12-8-15(9-13-26)14-18(27)22-2)25-11-10-24-19(28)16-6-4-5-7-17(16)21;/h4-7,15H,3,8-14H2,1-2H3,(H,22,27)(H,23,25)(H,24,28);1H. The van der Waals surface area contributed by atoms with Crippen LogP contribution < -0.4 is 16.0 Å². The molecular formula is C20H31FIN5O2. The Morgan fingerprint density at radius 3 is 2.52 bits per heavy atom. The predicted molar refractivity (Wildman–Crippen MR) is 123 cm³/mol.